The quantitative estimate of drug-likeness (QED) is 0.455. The Labute approximate surface area is 68.7 Å². The van der Waals surface area contributed by atoms with Crippen molar-refractivity contribution < 1.29 is 14.3 Å². The SMILES string of the molecule is C.CCCCOC(=O)COC. The van der Waals surface area contributed by atoms with Crippen molar-refractivity contribution in [1.82, 2.24) is 0 Å². The smallest absolute Gasteiger partial charge is 0.332 e. The maximum Gasteiger partial charge on any atom is 0.332 e. The van der Waals surface area contributed by atoms with Gasteiger partial charge in [0.25, 0.3) is 0 Å². The van der Waals surface area contributed by atoms with Crippen LogP contribution in [0.15, 0.2) is 0 Å². The zero-order chi connectivity index (χ0) is 7.82. The van der Waals surface area contributed by atoms with Gasteiger partial charge in [0.15, 0.2) is 0 Å². The van der Waals surface area contributed by atoms with E-state index in [1.54, 1.807) is 0 Å². The summed E-state index contributed by atoms with van der Waals surface area (Å²) in [5.74, 6) is -0.282. The molecule has 0 aromatic carbocycles. The molecule has 0 radical (unpaired) electrons. The Morgan fingerprint density at radius 3 is 2.55 bits per heavy atom. The minimum Gasteiger partial charge on any atom is -0.464 e. The lowest BCUT2D eigenvalue weighted by atomic mass is 10.4. The van der Waals surface area contributed by atoms with E-state index in [1.165, 1.54) is 7.11 Å². The van der Waals surface area contributed by atoms with Crippen LogP contribution in [0, 0.1) is 0 Å². The van der Waals surface area contributed by atoms with Crippen molar-refractivity contribution in [3.8, 4) is 0 Å². The Bertz CT molecular complexity index is 91.3. The first-order chi connectivity index (χ1) is 4.81. The van der Waals surface area contributed by atoms with Crippen LogP contribution in [-0.2, 0) is 14.3 Å². The Balaban J connectivity index is 0. The molecule has 0 amide bonds. The molecule has 11 heavy (non-hydrogen) atoms. The third-order valence-electron chi connectivity index (χ3n) is 1.02. The Morgan fingerprint density at radius 1 is 1.45 bits per heavy atom. The third kappa shape index (κ3) is 9.43. The lowest BCUT2D eigenvalue weighted by molar-refractivity contribution is -0.148. The summed E-state index contributed by atoms with van der Waals surface area (Å²) >= 11 is 0. The van der Waals surface area contributed by atoms with Gasteiger partial charge in [-0.25, -0.2) is 4.79 Å². The first-order valence-electron chi connectivity index (χ1n) is 3.45. The van der Waals surface area contributed by atoms with Gasteiger partial charge in [-0.3, -0.25) is 0 Å². The van der Waals surface area contributed by atoms with Gasteiger partial charge in [0.05, 0.1) is 6.61 Å². The number of hydrogen-bond acceptors (Lipinski definition) is 3. The number of methoxy groups -OCH3 is 1. The van der Waals surface area contributed by atoms with Crippen LogP contribution in [0.5, 0.6) is 0 Å². The van der Waals surface area contributed by atoms with Gasteiger partial charge >= 0.3 is 5.97 Å². The third-order valence-corrected chi connectivity index (χ3v) is 1.02. The first-order valence-corrected chi connectivity index (χ1v) is 3.45. The van der Waals surface area contributed by atoms with Gasteiger partial charge in [-0.2, -0.15) is 0 Å². The van der Waals surface area contributed by atoms with E-state index in [0.717, 1.165) is 12.8 Å². The van der Waals surface area contributed by atoms with Crippen molar-refractivity contribution >= 4 is 5.97 Å². The molecule has 3 heteroatoms. The second-order valence-electron chi connectivity index (χ2n) is 2.01. The van der Waals surface area contributed by atoms with E-state index in [4.69, 9.17) is 4.74 Å². The van der Waals surface area contributed by atoms with Crippen molar-refractivity contribution in [2.24, 2.45) is 0 Å². The van der Waals surface area contributed by atoms with Crippen LogP contribution in [0.25, 0.3) is 0 Å². The summed E-state index contributed by atoms with van der Waals surface area (Å²) in [4.78, 5) is 10.6. The molecule has 0 fully saturated rings. The Kier molecular flexibility index (Phi) is 11.2. The summed E-state index contributed by atoms with van der Waals surface area (Å²) in [5, 5.41) is 0. The van der Waals surface area contributed by atoms with Gasteiger partial charge in [0.2, 0.25) is 0 Å². The molecule has 0 aliphatic rings. The molecule has 0 aromatic rings. The molecule has 0 saturated heterocycles. The molecule has 0 bridgehead atoms. The van der Waals surface area contributed by atoms with E-state index in [2.05, 4.69) is 4.74 Å². The van der Waals surface area contributed by atoms with Gasteiger partial charge < -0.3 is 9.47 Å². The summed E-state index contributed by atoms with van der Waals surface area (Å²) in [5.41, 5.74) is 0. The molecular weight excluding hydrogens is 144 g/mol. The minimum atomic E-state index is -0.282. The number of ether oxygens (including phenoxy) is 2. The van der Waals surface area contributed by atoms with Crippen molar-refractivity contribution in [3.05, 3.63) is 0 Å². The number of unbranched alkanes of at least 4 members (excludes halogenated alkanes) is 1. The van der Waals surface area contributed by atoms with E-state index in [0.29, 0.717) is 6.61 Å². The summed E-state index contributed by atoms with van der Waals surface area (Å²) in [6.07, 6.45) is 1.97. The van der Waals surface area contributed by atoms with Gasteiger partial charge in [-0.05, 0) is 6.42 Å². The number of esters is 1. The van der Waals surface area contributed by atoms with E-state index in [-0.39, 0.29) is 20.0 Å². The average Bonchev–Trinajstić information content (AvgIpc) is 1.89. The average molecular weight is 162 g/mol. The highest BCUT2D eigenvalue weighted by atomic mass is 16.6. The first kappa shape index (κ1) is 13.1. The van der Waals surface area contributed by atoms with Gasteiger partial charge in [0, 0.05) is 7.11 Å². The van der Waals surface area contributed by atoms with E-state index in [1.807, 2.05) is 6.92 Å². The molecule has 0 atom stereocenters. The fourth-order valence-electron chi connectivity index (χ4n) is 0.490. The molecule has 0 saturated carbocycles. The highest BCUT2D eigenvalue weighted by Crippen LogP contribution is 1.88. The van der Waals surface area contributed by atoms with Crippen molar-refractivity contribution in [2.45, 2.75) is 27.2 Å². The molecule has 0 rings (SSSR count). The molecule has 0 N–H and O–H groups in total. The molecule has 0 aromatic heterocycles. The lowest BCUT2D eigenvalue weighted by Gasteiger charge is -2.01. The fraction of sp³-hybridized carbons (Fsp3) is 0.875. The van der Waals surface area contributed by atoms with Gasteiger partial charge in [0.1, 0.15) is 6.61 Å². The van der Waals surface area contributed by atoms with E-state index in [9.17, 15) is 4.79 Å². The monoisotopic (exact) mass is 162 g/mol. The van der Waals surface area contributed by atoms with E-state index < -0.39 is 0 Å². The predicted octanol–water partition coefficient (Wildman–Crippen LogP) is 1.61. The zero-order valence-corrected chi connectivity index (χ0v) is 6.55. The summed E-state index contributed by atoms with van der Waals surface area (Å²) in [6.45, 7) is 2.62. The number of carbonyl (C=O) groups is 1. The van der Waals surface area contributed by atoms with Crippen molar-refractivity contribution in [2.75, 3.05) is 20.3 Å². The van der Waals surface area contributed by atoms with E-state index >= 15 is 0 Å². The standard InChI is InChI=1S/C7H14O3.CH4/c1-3-4-5-10-7(8)6-9-2;/h3-6H2,1-2H3;1H4. The van der Waals surface area contributed by atoms with Gasteiger partial charge in [-0.1, -0.05) is 20.8 Å². The largest absolute Gasteiger partial charge is 0.464 e. The van der Waals surface area contributed by atoms with Crippen molar-refractivity contribution in [1.29, 1.82) is 0 Å². The molecule has 3 nitrogen and oxygen atoms in total. The Morgan fingerprint density at radius 2 is 2.09 bits per heavy atom. The lowest BCUT2D eigenvalue weighted by Crippen LogP contribution is -2.11. The summed E-state index contributed by atoms with van der Waals surface area (Å²) < 4.78 is 9.32. The fourth-order valence-corrected chi connectivity index (χ4v) is 0.490. The minimum absolute atomic E-state index is 0. The van der Waals surface area contributed by atoms with Crippen LogP contribution in [0.4, 0.5) is 0 Å². The zero-order valence-electron chi connectivity index (χ0n) is 6.55. The van der Waals surface area contributed by atoms with Crippen LogP contribution in [0.1, 0.15) is 27.2 Å². The molecule has 0 heterocycles. The van der Waals surface area contributed by atoms with Crippen LogP contribution in [-0.4, -0.2) is 26.3 Å². The molecule has 68 valence electrons. The molecule has 0 unspecified atom stereocenters. The van der Waals surface area contributed by atoms with Crippen LogP contribution < -0.4 is 0 Å². The molecule has 0 spiro atoms. The summed E-state index contributed by atoms with van der Waals surface area (Å²) in [6, 6.07) is 0. The number of rotatable bonds is 5. The van der Waals surface area contributed by atoms with Crippen molar-refractivity contribution in [3.63, 3.8) is 0 Å². The number of hydrogen-bond donors (Lipinski definition) is 0. The highest BCUT2D eigenvalue weighted by molar-refractivity contribution is 5.70. The highest BCUT2D eigenvalue weighted by Gasteiger charge is 1.98. The van der Waals surface area contributed by atoms with Gasteiger partial charge in [-0.15, -0.1) is 0 Å². The second-order valence-corrected chi connectivity index (χ2v) is 2.01. The van der Waals surface area contributed by atoms with Crippen LogP contribution in [0.3, 0.4) is 0 Å². The van der Waals surface area contributed by atoms with Crippen LogP contribution in [0.2, 0.25) is 0 Å². The maximum absolute atomic E-state index is 10.6. The topological polar surface area (TPSA) is 35.5 Å². The maximum atomic E-state index is 10.6. The molecule has 0 aliphatic heterocycles. The normalized spacial score (nSPS) is 8.55. The van der Waals surface area contributed by atoms with Crippen LogP contribution >= 0.6 is 0 Å². The summed E-state index contributed by atoms with van der Waals surface area (Å²) in [7, 11) is 1.47. The Hall–Kier alpha value is -0.570. The molecule has 0 aliphatic carbocycles. The second kappa shape index (κ2) is 9.43. The predicted molar refractivity (Wildman–Crippen MR) is 44.5 cm³/mol. The molecular formula is C8H18O3. The number of carbonyl (C=O) groups excluding carboxylic acids is 1.